The number of hydrazine groups is 1. The van der Waals surface area contributed by atoms with Gasteiger partial charge in [-0.3, -0.25) is 9.69 Å². The molecule has 7 nitrogen and oxygen atoms in total. The molecular weight excluding hydrogens is 476 g/mol. The lowest BCUT2D eigenvalue weighted by molar-refractivity contribution is -0.137. The number of carbonyl (C=O) groups is 1. The quantitative estimate of drug-likeness (QED) is 0.225. The maximum absolute atomic E-state index is 11.9. The van der Waals surface area contributed by atoms with Crippen LogP contribution in [-0.4, -0.2) is 35.7 Å². The first-order valence-corrected chi connectivity index (χ1v) is 12.5. The highest BCUT2D eigenvalue weighted by Crippen LogP contribution is 2.40. The summed E-state index contributed by atoms with van der Waals surface area (Å²) in [5.74, 6) is 5.61. The Morgan fingerprint density at radius 3 is 2.75 bits per heavy atom. The molecule has 1 aliphatic rings. The maximum Gasteiger partial charge on any atom is 0.304 e. The number of halogens is 1. The predicted octanol–water partition coefficient (Wildman–Crippen LogP) is 4.93. The van der Waals surface area contributed by atoms with Crippen molar-refractivity contribution < 1.29 is 14.6 Å². The third-order valence-electron chi connectivity index (χ3n) is 6.79. The molecule has 0 bridgehead atoms. The smallest absolute Gasteiger partial charge is 0.304 e. The van der Waals surface area contributed by atoms with E-state index >= 15 is 0 Å². The second-order valence-corrected chi connectivity index (χ2v) is 9.57. The molecule has 0 amide bonds. The molecule has 5 N–H and O–H groups in total. The van der Waals surface area contributed by atoms with Gasteiger partial charge >= 0.3 is 5.97 Å². The van der Waals surface area contributed by atoms with Crippen molar-refractivity contribution in [1.82, 2.24) is 4.90 Å². The van der Waals surface area contributed by atoms with E-state index < -0.39 is 11.9 Å². The van der Waals surface area contributed by atoms with Gasteiger partial charge in [0, 0.05) is 37.7 Å². The second kappa shape index (κ2) is 11.2. The highest BCUT2D eigenvalue weighted by molar-refractivity contribution is 6.34. The number of hydrogen-bond acceptors (Lipinski definition) is 6. The number of nitrogens with two attached hydrogens (primary N) is 2. The number of hydrogen-bond donors (Lipinski definition) is 3. The minimum Gasteiger partial charge on any atom is -0.492 e. The van der Waals surface area contributed by atoms with Crippen molar-refractivity contribution in [3.05, 3.63) is 87.4 Å². The number of benzene rings is 3. The lowest BCUT2D eigenvalue weighted by atomic mass is 9.86. The first-order chi connectivity index (χ1) is 17.3. The van der Waals surface area contributed by atoms with Gasteiger partial charge in [0.2, 0.25) is 0 Å². The van der Waals surface area contributed by atoms with Crippen molar-refractivity contribution in [3.8, 4) is 5.75 Å². The Hall–Kier alpha value is -3.26. The predicted molar refractivity (Wildman–Crippen MR) is 144 cm³/mol. The number of rotatable bonds is 8. The van der Waals surface area contributed by atoms with E-state index in [1.165, 1.54) is 5.01 Å². The van der Waals surface area contributed by atoms with Gasteiger partial charge in [0.15, 0.2) is 0 Å². The van der Waals surface area contributed by atoms with E-state index in [0.29, 0.717) is 35.1 Å². The lowest BCUT2D eigenvalue weighted by Crippen LogP contribution is -2.31. The summed E-state index contributed by atoms with van der Waals surface area (Å²) in [6, 6.07) is 17.9. The molecule has 0 fully saturated rings. The van der Waals surface area contributed by atoms with Crippen LogP contribution in [0.2, 0.25) is 5.02 Å². The Morgan fingerprint density at radius 1 is 1.22 bits per heavy atom. The van der Waals surface area contributed by atoms with E-state index in [1.807, 2.05) is 43.3 Å². The first kappa shape index (κ1) is 25.8. The summed E-state index contributed by atoms with van der Waals surface area (Å²) in [5, 5.41) is 11.6. The Labute approximate surface area is 217 Å². The number of nitrogens with zero attached hydrogens (tertiary/aromatic N) is 2. The molecular formula is C28H33ClN4O3. The topological polar surface area (TPSA) is 105 Å². The number of carboxylic acid groups (broad SMARTS) is 1. The molecule has 1 atom stereocenters. The summed E-state index contributed by atoms with van der Waals surface area (Å²) < 4.78 is 5.92. The van der Waals surface area contributed by atoms with Crippen LogP contribution in [0.3, 0.4) is 0 Å². The zero-order valence-electron chi connectivity index (χ0n) is 20.7. The Kier molecular flexibility index (Phi) is 8.04. The molecule has 1 heterocycles. The molecule has 36 heavy (non-hydrogen) atoms. The fourth-order valence-electron chi connectivity index (χ4n) is 4.71. The van der Waals surface area contributed by atoms with Crippen molar-refractivity contribution in [2.75, 3.05) is 30.4 Å². The largest absolute Gasteiger partial charge is 0.492 e. The second-order valence-electron chi connectivity index (χ2n) is 9.19. The summed E-state index contributed by atoms with van der Waals surface area (Å²) in [5.41, 5.74) is 12.3. The van der Waals surface area contributed by atoms with Crippen LogP contribution in [0.4, 0.5) is 11.4 Å². The molecule has 0 saturated carbocycles. The molecule has 0 aromatic heterocycles. The number of anilines is 2. The minimum absolute atomic E-state index is 0.105. The highest BCUT2D eigenvalue weighted by atomic mass is 35.5. The van der Waals surface area contributed by atoms with Gasteiger partial charge in [-0.25, -0.2) is 5.84 Å². The van der Waals surface area contributed by atoms with Gasteiger partial charge < -0.3 is 20.6 Å². The Bertz CT molecular complexity index is 1250. The molecule has 0 aliphatic carbocycles. The lowest BCUT2D eigenvalue weighted by Gasteiger charge is -2.25. The van der Waals surface area contributed by atoms with Crippen LogP contribution in [0, 0.1) is 6.92 Å². The third-order valence-corrected chi connectivity index (χ3v) is 7.21. The maximum atomic E-state index is 11.9. The van der Waals surface area contributed by atoms with Crippen LogP contribution in [0.25, 0.3) is 0 Å². The van der Waals surface area contributed by atoms with E-state index in [-0.39, 0.29) is 6.42 Å². The molecule has 0 saturated heterocycles. The fraction of sp³-hybridized carbons (Fsp3) is 0.321. The summed E-state index contributed by atoms with van der Waals surface area (Å²) in [4.78, 5) is 14.2. The minimum atomic E-state index is -0.906. The Morgan fingerprint density at radius 2 is 2.00 bits per heavy atom. The van der Waals surface area contributed by atoms with Crippen molar-refractivity contribution in [2.45, 2.75) is 39.3 Å². The number of carboxylic acids is 1. The van der Waals surface area contributed by atoms with Gasteiger partial charge in [0.25, 0.3) is 0 Å². The monoisotopic (exact) mass is 508 g/mol. The normalized spacial score (nSPS) is 14.4. The third kappa shape index (κ3) is 5.59. The molecule has 0 spiro atoms. The van der Waals surface area contributed by atoms with Gasteiger partial charge in [-0.2, -0.15) is 0 Å². The number of nitrogen functional groups attached to an aromatic ring is 1. The molecule has 190 valence electrons. The van der Waals surface area contributed by atoms with Crippen molar-refractivity contribution in [3.63, 3.8) is 0 Å². The number of aliphatic carboxylic acids is 1. The van der Waals surface area contributed by atoms with Crippen LogP contribution in [0.15, 0.2) is 54.6 Å². The molecule has 4 rings (SSSR count). The first-order valence-electron chi connectivity index (χ1n) is 12.1. The molecule has 3 aromatic carbocycles. The van der Waals surface area contributed by atoms with Crippen LogP contribution in [-0.2, 0) is 17.9 Å². The van der Waals surface area contributed by atoms with E-state index in [9.17, 15) is 9.90 Å². The van der Waals surface area contributed by atoms with Crippen molar-refractivity contribution >= 4 is 28.9 Å². The highest BCUT2D eigenvalue weighted by Gasteiger charge is 2.24. The van der Waals surface area contributed by atoms with E-state index in [0.717, 1.165) is 47.6 Å². The average molecular weight is 509 g/mol. The SMILES string of the molecule is CCN(N)c1ccc([C@@H](CC(=O)O)c2ccc(C)c(CN3CCOc4ccccc4C3)c2)c(Cl)c1N. The molecule has 8 heteroatoms. The summed E-state index contributed by atoms with van der Waals surface area (Å²) in [6.07, 6.45) is -0.105. The summed E-state index contributed by atoms with van der Waals surface area (Å²) in [6.45, 7) is 7.49. The summed E-state index contributed by atoms with van der Waals surface area (Å²) in [7, 11) is 0. The molecule has 0 radical (unpaired) electrons. The van der Waals surface area contributed by atoms with Crippen molar-refractivity contribution in [2.24, 2.45) is 5.84 Å². The molecule has 1 aliphatic heterocycles. The van der Waals surface area contributed by atoms with Gasteiger partial charge in [-0.15, -0.1) is 0 Å². The van der Waals surface area contributed by atoms with Gasteiger partial charge in [0.1, 0.15) is 12.4 Å². The average Bonchev–Trinajstić information content (AvgIpc) is 3.07. The zero-order valence-corrected chi connectivity index (χ0v) is 21.5. The van der Waals surface area contributed by atoms with Crippen molar-refractivity contribution in [1.29, 1.82) is 0 Å². The van der Waals surface area contributed by atoms with Crippen LogP contribution in [0.5, 0.6) is 5.75 Å². The number of ether oxygens (including phenoxy) is 1. The van der Waals surface area contributed by atoms with Crippen LogP contribution < -0.4 is 21.3 Å². The van der Waals surface area contributed by atoms with Crippen LogP contribution in [0.1, 0.15) is 47.1 Å². The molecule has 3 aromatic rings. The standard InChI is InChI=1S/C28H33ClN4O3/c1-3-33(31)24-11-10-22(27(29)28(24)30)23(15-26(34)35)19-9-8-18(2)21(14-19)17-32-12-13-36-25-7-5-4-6-20(25)16-32/h4-11,14,23H,3,12-13,15-17,30-31H2,1-2H3,(H,34,35)/t23-/m0/s1. The molecule has 0 unspecified atom stereocenters. The van der Waals surface area contributed by atoms with Gasteiger partial charge in [-0.05, 0) is 48.2 Å². The number of aryl methyl sites for hydroxylation is 1. The fourth-order valence-corrected chi connectivity index (χ4v) is 5.00. The van der Waals surface area contributed by atoms with E-state index in [1.54, 1.807) is 6.07 Å². The zero-order chi connectivity index (χ0) is 25.8. The van der Waals surface area contributed by atoms with Crippen LogP contribution >= 0.6 is 11.6 Å². The Balaban J connectivity index is 1.67. The summed E-state index contributed by atoms with van der Waals surface area (Å²) >= 11 is 6.70. The van der Waals surface area contributed by atoms with E-state index in [2.05, 4.69) is 24.0 Å². The van der Waals surface area contributed by atoms with Gasteiger partial charge in [0.05, 0.1) is 22.8 Å². The van der Waals surface area contributed by atoms with Gasteiger partial charge in [-0.1, -0.05) is 54.1 Å². The van der Waals surface area contributed by atoms with E-state index in [4.69, 9.17) is 27.9 Å². The number of para-hydroxylation sites is 1. The number of fused-ring (bicyclic) bond motifs is 1.